The molecular formula is C13H17BrN2. The smallest absolute Gasteiger partial charge is 0.0578 e. The van der Waals surface area contributed by atoms with Crippen molar-refractivity contribution in [1.29, 1.82) is 0 Å². The monoisotopic (exact) mass is 280 g/mol. The van der Waals surface area contributed by atoms with Gasteiger partial charge in [-0.05, 0) is 31.0 Å². The van der Waals surface area contributed by atoms with Gasteiger partial charge in [0.1, 0.15) is 0 Å². The van der Waals surface area contributed by atoms with Crippen molar-refractivity contribution >= 4 is 15.9 Å². The molecule has 0 bridgehead atoms. The molecule has 86 valence electrons. The lowest BCUT2D eigenvalue weighted by Gasteiger charge is -2.28. The molecule has 2 nitrogen and oxygen atoms in total. The van der Waals surface area contributed by atoms with Crippen LogP contribution in [0.15, 0.2) is 28.7 Å². The van der Waals surface area contributed by atoms with Gasteiger partial charge in [0.15, 0.2) is 0 Å². The Balaban J connectivity index is 2.69. The Hall–Kier alpha value is -0.820. The second kappa shape index (κ2) is 6.05. The summed E-state index contributed by atoms with van der Waals surface area (Å²) in [5.74, 6) is 2.58. The molecule has 0 aromatic heterocycles. The maximum absolute atomic E-state index is 5.79. The van der Waals surface area contributed by atoms with E-state index in [0.29, 0.717) is 13.1 Å². The van der Waals surface area contributed by atoms with Gasteiger partial charge in [0.2, 0.25) is 0 Å². The summed E-state index contributed by atoms with van der Waals surface area (Å²) in [5, 5.41) is 3.29. The number of nitrogens with two attached hydrogens (primary N) is 1. The molecule has 0 aliphatic carbocycles. The van der Waals surface area contributed by atoms with Crippen LogP contribution in [0.1, 0.15) is 12.5 Å². The summed E-state index contributed by atoms with van der Waals surface area (Å²) in [7, 11) is 0. The molecule has 0 heterocycles. The largest absolute Gasteiger partial charge is 0.329 e. The predicted octanol–water partition coefficient (Wildman–Crippen LogP) is 1.93. The van der Waals surface area contributed by atoms with Gasteiger partial charge in [-0.2, -0.15) is 0 Å². The third kappa shape index (κ3) is 3.97. The molecule has 16 heavy (non-hydrogen) atoms. The molecule has 1 aromatic rings. The van der Waals surface area contributed by atoms with E-state index in [1.165, 1.54) is 5.56 Å². The summed E-state index contributed by atoms with van der Waals surface area (Å²) in [5.41, 5.74) is 6.90. The highest BCUT2D eigenvalue weighted by molar-refractivity contribution is 9.10. The molecule has 0 saturated heterocycles. The number of benzene rings is 1. The van der Waals surface area contributed by atoms with E-state index in [0.717, 1.165) is 10.9 Å². The van der Waals surface area contributed by atoms with Crippen LogP contribution in [0.4, 0.5) is 0 Å². The minimum Gasteiger partial charge on any atom is -0.329 e. The first-order valence-electron chi connectivity index (χ1n) is 5.23. The average Bonchev–Trinajstić information content (AvgIpc) is 2.30. The minimum absolute atomic E-state index is 0.139. The molecule has 1 atom stereocenters. The summed E-state index contributed by atoms with van der Waals surface area (Å²) >= 11 is 3.42. The molecule has 1 aromatic carbocycles. The lowest BCUT2D eigenvalue weighted by atomic mass is 9.93. The summed E-state index contributed by atoms with van der Waals surface area (Å²) in [6.07, 6.45) is 6.12. The number of halogens is 1. The number of terminal acetylenes is 1. The number of rotatable bonds is 5. The van der Waals surface area contributed by atoms with Gasteiger partial charge in [-0.3, -0.25) is 5.32 Å². The van der Waals surface area contributed by atoms with E-state index >= 15 is 0 Å². The first-order valence-corrected chi connectivity index (χ1v) is 6.02. The zero-order valence-electron chi connectivity index (χ0n) is 9.46. The molecule has 0 amide bonds. The number of nitrogens with one attached hydrogen (secondary N) is 1. The van der Waals surface area contributed by atoms with Crippen molar-refractivity contribution < 1.29 is 0 Å². The van der Waals surface area contributed by atoms with Crippen LogP contribution in [0.5, 0.6) is 0 Å². The van der Waals surface area contributed by atoms with Crippen LogP contribution in [0.2, 0.25) is 0 Å². The fraction of sp³-hybridized carbons (Fsp3) is 0.385. The third-order valence-corrected chi connectivity index (χ3v) is 3.10. The van der Waals surface area contributed by atoms with E-state index in [4.69, 9.17) is 12.2 Å². The van der Waals surface area contributed by atoms with Crippen molar-refractivity contribution in [3.63, 3.8) is 0 Å². The number of hydrogen-bond donors (Lipinski definition) is 2. The molecule has 3 N–H and O–H groups in total. The summed E-state index contributed by atoms with van der Waals surface area (Å²) < 4.78 is 1.09. The molecule has 0 aliphatic heterocycles. The third-order valence-electron chi connectivity index (χ3n) is 2.58. The highest BCUT2D eigenvalue weighted by atomic mass is 79.9. The molecule has 0 fully saturated rings. The average molecular weight is 281 g/mol. The second-order valence-corrected chi connectivity index (χ2v) is 5.04. The predicted molar refractivity (Wildman–Crippen MR) is 72.1 cm³/mol. The Morgan fingerprint density at radius 1 is 1.44 bits per heavy atom. The van der Waals surface area contributed by atoms with Crippen LogP contribution < -0.4 is 11.1 Å². The van der Waals surface area contributed by atoms with Gasteiger partial charge in [0.25, 0.3) is 0 Å². The van der Waals surface area contributed by atoms with Gasteiger partial charge >= 0.3 is 0 Å². The molecule has 0 aliphatic rings. The van der Waals surface area contributed by atoms with Gasteiger partial charge in [0.05, 0.1) is 6.54 Å². The first kappa shape index (κ1) is 13.2. The fourth-order valence-corrected chi connectivity index (χ4v) is 1.79. The van der Waals surface area contributed by atoms with Gasteiger partial charge in [-0.1, -0.05) is 34.0 Å². The standard InChI is InChI=1S/C13H17BrN2/c1-3-8-16-13(2,10-15)9-11-4-6-12(14)7-5-11/h1,4-7,16H,8-10,15H2,2H3. The van der Waals surface area contributed by atoms with Crippen molar-refractivity contribution in [2.24, 2.45) is 5.73 Å². The van der Waals surface area contributed by atoms with Gasteiger partial charge < -0.3 is 5.73 Å². The molecule has 1 rings (SSSR count). The van der Waals surface area contributed by atoms with Crippen molar-refractivity contribution in [2.45, 2.75) is 18.9 Å². The van der Waals surface area contributed by atoms with Crippen LogP contribution in [0.3, 0.4) is 0 Å². The Kier molecular flexibility index (Phi) is 5.01. The quantitative estimate of drug-likeness (QED) is 0.809. The summed E-state index contributed by atoms with van der Waals surface area (Å²) in [6.45, 7) is 3.20. The van der Waals surface area contributed by atoms with E-state index in [9.17, 15) is 0 Å². The molecule has 1 unspecified atom stereocenters. The Morgan fingerprint density at radius 3 is 2.56 bits per heavy atom. The second-order valence-electron chi connectivity index (χ2n) is 4.13. The Morgan fingerprint density at radius 2 is 2.06 bits per heavy atom. The van der Waals surface area contributed by atoms with E-state index in [1.54, 1.807) is 0 Å². The summed E-state index contributed by atoms with van der Waals surface area (Å²) in [4.78, 5) is 0. The lowest BCUT2D eigenvalue weighted by Crippen LogP contribution is -2.50. The maximum atomic E-state index is 5.79. The van der Waals surface area contributed by atoms with Crippen molar-refractivity contribution in [3.05, 3.63) is 34.3 Å². The van der Waals surface area contributed by atoms with E-state index in [2.05, 4.69) is 46.2 Å². The zero-order chi connectivity index (χ0) is 12.0. The molecule has 0 spiro atoms. The topological polar surface area (TPSA) is 38.0 Å². The van der Waals surface area contributed by atoms with Crippen molar-refractivity contribution in [1.82, 2.24) is 5.32 Å². The molecular weight excluding hydrogens is 264 g/mol. The van der Waals surface area contributed by atoms with Crippen LogP contribution in [-0.2, 0) is 6.42 Å². The van der Waals surface area contributed by atoms with Crippen molar-refractivity contribution in [2.75, 3.05) is 13.1 Å². The highest BCUT2D eigenvalue weighted by Gasteiger charge is 2.21. The van der Waals surface area contributed by atoms with Gasteiger partial charge in [0, 0.05) is 16.6 Å². The normalized spacial score (nSPS) is 14.1. The molecule has 3 heteroatoms. The highest BCUT2D eigenvalue weighted by Crippen LogP contribution is 2.15. The molecule has 0 saturated carbocycles. The molecule has 0 radical (unpaired) electrons. The van der Waals surface area contributed by atoms with E-state index < -0.39 is 0 Å². The zero-order valence-corrected chi connectivity index (χ0v) is 11.0. The number of hydrogen-bond acceptors (Lipinski definition) is 2. The Bertz CT molecular complexity index is 367. The SMILES string of the molecule is C#CCNC(C)(CN)Cc1ccc(Br)cc1. The Labute approximate surface area is 106 Å². The minimum atomic E-state index is -0.139. The first-order chi connectivity index (χ1) is 7.59. The summed E-state index contributed by atoms with van der Waals surface area (Å²) in [6, 6.07) is 8.26. The maximum Gasteiger partial charge on any atom is 0.0578 e. The van der Waals surface area contributed by atoms with Crippen LogP contribution in [0, 0.1) is 12.3 Å². The van der Waals surface area contributed by atoms with Gasteiger partial charge in [-0.15, -0.1) is 6.42 Å². The van der Waals surface area contributed by atoms with Crippen LogP contribution in [-0.4, -0.2) is 18.6 Å². The van der Waals surface area contributed by atoms with Crippen LogP contribution in [0.25, 0.3) is 0 Å². The van der Waals surface area contributed by atoms with Gasteiger partial charge in [-0.25, -0.2) is 0 Å². The lowest BCUT2D eigenvalue weighted by molar-refractivity contribution is 0.380. The van der Waals surface area contributed by atoms with Crippen molar-refractivity contribution in [3.8, 4) is 12.3 Å². The fourth-order valence-electron chi connectivity index (χ4n) is 1.52. The van der Waals surface area contributed by atoms with Crippen LogP contribution >= 0.6 is 15.9 Å². The van der Waals surface area contributed by atoms with E-state index in [-0.39, 0.29) is 5.54 Å². The van der Waals surface area contributed by atoms with E-state index in [1.807, 2.05) is 12.1 Å².